The van der Waals surface area contributed by atoms with Crippen molar-refractivity contribution in [2.45, 2.75) is 13.8 Å². The van der Waals surface area contributed by atoms with Crippen LogP contribution in [0, 0.1) is 6.92 Å². The summed E-state index contributed by atoms with van der Waals surface area (Å²) in [5, 5.41) is 4.24. The summed E-state index contributed by atoms with van der Waals surface area (Å²) in [6, 6.07) is 13.8. The molecular formula is C17H20N2O2. The average Bonchev–Trinajstić information content (AvgIpc) is 2.50. The fourth-order valence-corrected chi connectivity index (χ4v) is 1.93. The summed E-state index contributed by atoms with van der Waals surface area (Å²) in [6.07, 6.45) is 1.72. The van der Waals surface area contributed by atoms with Crippen LogP contribution in [0.3, 0.4) is 0 Å². The van der Waals surface area contributed by atoms with Crippen molar-refractivity contribution >= 4 is 11.9 Å². The Morgan fingerprint density at radius 1 is 1.14 bits per heavy atom. The molecule has 0 aliphatic carbocycles. The highest BCUT2D eigenvalue weighted by molar-refractivity contribution is 5.85. The van der Waals surface area contributed by atoms with Crippen LogP contribution in [-0.2, 0) is 0 Å². The average molecular weight is 284 g/mol. The van der Waals surface area contributed by atoms with E-state index in [-0.39, 0.29) is 0 Å². The van der Waals surface area contributed by atoms with Crippen molar-refractivity contribution in [1.29, 1.82) is 0 Å². The molecule has 0 unspecified atom stereocenters. The maximum absolute atomic E-state index is 5.54. The van der Waals surface area contributed by atoms with E-state index in [1.165, 1.54) is 5.56 Å². The molecule has 0 fully saturated rings. The van der Waals surface area contributed by atoms with Crippen LogP contribution in [0.15, 0.2) is 47.6 Å². The molecule has 1 N–H and O–H groups in total. The second-order valence-corrected chi connectivity index (χ2v) is 4.55. The predicted molar refractivity (Wildman–Crippen MR) is 86.6 cm³/mol. The standard InChI is InChI=1S/C17H20N2O2/c1-4-21-16-7-5-6-14(17(16)20-3)12-18-19-15-10-8-13(2)9-11-15/h5-12,19H,4H2,1-3H3/b18-12+. The quantitative estimate of drug-likeness (QED) is 0.647. The third kappa shape index (κ3) is 3.99. The lowest BCUT2D eigenvalue weighted by molar-refractivity contribution is 0.311. The van der Waals surface area contributed by atoms with Crippen LogP contribution in [0.1, 0.15) is 18.1 Å². The summed E-state index contributed by atoms with van der Waals surface area (Å²) in [5.74, 6) is 1.41. The number of nitrogens with one attached hydrogen (secondary N) is 1. The van der Waals surface area contributed by atoms with E-state index < -0.39 is 0 Å². The van der Waals surface area contributed by atoms with Gasteiger partial charge in [0, 0.05) is 5.56 Å². The molecule has 0 aliphatic rings. The first-order chi connectivity index (χ1) is 10.2. The highest BCUT2D eigenvalue weighted by atomic mass is 16.5. The molecule has 2 aromatic rings. The lowest BCUT2D eigenvalue weighted by Crippen LogP contribution is -1.99. The molecule has 0 spiro atoms. The Balaban J connectivity index is 2.13. The van der Waals surface area contributed by atoms with Gasteiger partial charge in [-0.15, -0.1) is 0 Å². The van der Waals surface area contributed by atoms with E-state index in [4.69, 9.17) is 9.47 Å². The Morgan fingerprint density at radius 3 is 2.57 bits per heavy atom. The Kier molecular flexibility index (Phi) is 5.21. The van der Waals surface area contributed by atoms with E-state index >= 15 is 0 Å². The normalized spacial score (nSPS) is 10.6. The monoisotopic (exact) mass is 284 g/mol. The number of benzene rings is 2. The number of methoxy groups -OCH3 is 1. The lowest BCUT2D eigenvalue weighted by atomic mass is 10.2. The molecule has 21 heavy (non-hydrogen) atoms. The fourth-order valence-electron chi connectivity index (χ4n) is 1.93. The van der Waals surface area contributed by atoms with E-state index in [1.807, 2.05) is 49.4 Å². The number of hydrogen-bond donors (Lipinski definition) is 1. The Bertz CT molecular complexity index is 607. The number of hydrogen-bond acceptors (Lipinski definition) is 4. The fraction of sp³-hybridized carbons (Fsp3) is 0.235. The molecule has 0 aliphatic heterocycles. The second-order valence-electron chi connectivity index (χ2n) is 4.55. The Labute approximate surface area is 125 Å². The zero-order valence-corrected chi connectivity index (χ0v) is 12.6. The van der Waals surface area contributed by atoms with Crippen molar-refractivity contribution in [1.82, 2.24) is 0 Å². The molecule has 0 aromatic heterocycles. The number of anilines is 1. The van der Waals surface area contributed by atoms with Gasteiger partial charge in [-0.1, -0.05) is 23.8 Å². The molecule has 0 saturated carbocycles. The van der Waals surface area contributed by atoms with Crippen LogP contribution < -0.4 is 14.9 Å². The van der Waals surface area contributed by atoms with Gasteiger partial charge in [0.15, 0.2) is 11.5 Å². The van der Waals surface area contributed by atoms with Gasteiger partial charge in [-0.2, -0.15) is 5.10 Å². The van der Waals surface area contributed by atoms with Crippen LogP contribution in [0.5, 0.6) is 11.5 Å². The van der Waals surface area contributed by atoms with Crippen LogP contribution in [0.25, 0.3) is 0 Å². The summed E-state index contributed by atoms with van der Waals surface area (Å²) < 4.78 is 10.9. The van der Waals surface area contributed by atoms with Gasteiger partial charge in [-0.3, -0.25) is 5.43 Å². The van der Waals surface area contributed by atoms with Gasteiger partial charge >= 0.3 is 0 Å². The van der Waals surface area contributed by atoms with Crippen molar-refractivity contribution in [2.75, 3.05) is 19.1 Å². The smallest absolute Gasteiger partial charge is 0.169 e. The number of hydrazone groups is 1. The summed E-state index contributed by atoms with van der Waals surface area (Å²) in [4.78, 5) is 0. The highest BCUT2D eigenvalue weighted by Crippen LogP contribution is 2.29. The van der Waals surface area contributed by atoms with E-state index in [2.05, 4.69) is 17.5 Å². The van der Waals surface area contributed by atoms with Gasteiger partial charge in [0.05, 0.1) is 25.6 Å². The first-order valence-electron chi connectivity index (χ1n) is 6.90. The Morgan fingerprint density at radius 2 is 1.90 bits per heavy atom. The van der Waals surface area contributed by atoms with Gasteiger partial charge in [0.2, 0.25) is 0 Å². The molecule has 2 aromatic carbocycles. The first kappa shape index (κ1) is 14.9. The zero-order valence-electron chi connectivity index (χ0n) is 12.6. The molecule has 0 heterocycles. The molecule has 0 radical (unpaired) electrons. The van der Waals surface area contributed by atoms with Crippen LogP contribution >= 0.6 is 0 Å². The number of rotatable bonds is 6. The van der Waals surface area contributed by atoms with Crippen LogP contribution in [-0.4, -0.2) is 19.9 Å². The highest BCUT2D eigenvalue weighted by Gasteiger charge is 2.07. The molecule has 0 saturated heterocycles. The third-order valence-corrected chi connectivity index (χ3v) is 2.96. The molecule has 2 rings (SSSR count). The number of nitrogens with zero attached hydrogens (tertiary/aromatic N) is 1. The van der Waals surface area contributed by atoms with Crippen molar-refractivity contribution in [3.63, 3.8) is 0 Å². The molecule has 0 amide bonds. The maximum atomic E-state index is 5.54. The minimum atomic E-state index is 0.596. The third-order valence-electron chi connectivity index (χ3n) is 2.96. The summed E-state index contributed by atoms with van der Waals surface area (Å²) >= 11 is 0. The van der Waals surface area contributed by atoms with E-state index in [9.17, 15) is 0 Å². The van der Waals surface area contributed by atoms with Crippen LogP contribution in [0.4, 0.5) is 5.69 Å². The molecule has 110 valence electrons. The molecular weight excluding hydrogens is 264 g/mol. The van der Waals surface area contributed by atoms with Gasteiger partial charge in [0.25, 0.3) is 0 Å². The van der Waals surface area contributed by atoms with Gasteiger partial charge in [0.1, 0.15) is 0 Å². The van der Waals surface area contributed by atoms with Gasteiger partial charge < -0.3 is 9.47 Å². The van der Waals surface area contributed by atoms with Crippen LogP contribution in [0.2, 0.25) is 0 Å². The zero-order chi connectivity index (χ0) is 15.1. The SMILES string of the molecule is CCOc1cccc(/C=N/Nc2ccc(C)cc2)c1OC. The van der Waals surface area contributed by atoms with Crippen molar-refractivity contribution in [3.8, 4) is 11.5 Å². The van der Waals surface area contributed by atoms with E-state index in [1.54, 1.807) is 13.3 Å². The summed E-state index contributed by atoms with van der Waals surface area (Å²) in [5.41, 5.74) is 6.02. The van der Waals surface area contributed by atoms with Crippen molar-refractivity contribution in [3.05, 3.63) is 53.6 Å². The van der Waals surface area contributed by atoms with Gasteiger partial charge in [-0.05, 0) is 38.1 Å². The topological polar surface area (TPSA) is 42.8 Å². The molecule has 0 atom stereocenters. The van der Waals surface area contributed by atoms with Gasteiger partial charge in [-0.25, -0.2) is 0 Å². The Hall–Kier alpha value is -2.49. The lowest BCUT2D eigenvalue weighted by Gasteiger charge is -2.11. The van der Waals surface area contributed by atoms with E-state index in [0.717, 1.165) is 17.0 Å². The maximum Gasteiger partial charge on any atom is 0.169 e. The summed E-state index contributed by atoms with van der Waals surface area (Å²) in [7, 11) is 1.63. The molecule has 4 heteroatoms. The second kappa shape index (κ2) is 7.33. The van der Waals surface area contributed by atoms with Crippen molar-refractivity contribution in [2.24, 2.45) is 5.10 Å². The minimum absolute atomic E-state index is 0.596. The predicted octanol–water partition coefficient (Wildman–Crippen LogP) is 3.85. The largest absolute Gasteiger partial charge is 0.492 e. The van der Waals surface area contributed by atoms with E-state index in [0.29, 0.717) is 12.4 Å². The molecule has 4 nitrogen and oxygen atoms in total. The van der Waals surface area contributed by atoms with Crippen molar-refractivity contribution < 1.29 is 9.47 Å². The minimum Gasteiger partial charge on any atom is -0.492 e. The number of aryl methyl sites for hydroxylation is 1. The molecule has 0 bridgehead atoms. The number of ether oxygens (including phenoxy) is 2. The first-order valence-corrected chi connectivity index (χ1v) is 6.90. The number of para-hydroxylation sites is 1. The summed E-state index contributed by atoms with van der Waals surface area (Å²) in [6.45, 7) is 4.59.